The Balaban J connectivity index is 2.15. The first kappa shape index (κ1) is 14.7. The number of carboxylic acid groups (broad SMARTS) is 1. The molecule has 110 valence electrons. The molecule has 20 heavy (non-hydrogen) atoms. The number of hydrogen-bond donors (Lipinski definition) is 2. The number of nitrogens with zero attached hydrogens (tertiary/aromatic N) is 1. The van der Waals surface area contributed by atoms with Crippen LogP contribution >= 0.6 is 0 Å². The van der Waals surface area contributed by atoms with Crippen LogP contribution in [-0.2, 0) is 0 Å². The lowest BCUT2D eigenvalue weighted by molar-refractivity contribution is 0.0698. The van der Waals surface area contributed by atoms with Gasteiger partial charge in [-0.25, -0.2) is 4.79 Å². The first-order chi connectivity index (χ1) is 9.30. The maximum atomic E-state index is 11.2. The molecule has 1 aromatic rings. The largest absolute Gasteiger partial charge is 0.478 e. The molecule has 0 aliphatic heterocycles. The molecular weight excluding hydrogens is 252 g/mol. The van der Waals surface area contributed by atoms with Crippen LogP contribution in [0.1, 0.15) is 49.9 Å². The minimum atomic E-state index is -0.970. The molecule has 1 aromatic carbocycles. The molecular formula is C16H24N2O2. The van der Waals surface area contributed by atoms with Crippen LogP contribution in [0.4, 0.5) is 11.4 Å². The molecule has 0 unspecified atom stereocenters. The molecule has 4 heteroatoms. The molecule has 0 atom stereocenters. The van der Waals surface area contributed by atoms with Crippen molar-refractivity contribution in [2.75, 3.05) is 17.7 Å². The van der Waals surface area contributed by atoms with Crippen LogP contribution in [0.2, 0.25) is 0 Å². The van der Waals surface area contributed by atoms with E-state index in [0.717, 1.165) is 18.5 Å². The Morgan fingerprint density at radius 1 is 1.35 bits per heavy atom. The predicted molar refractivity (Wildman–Crippen MR) is 82.3 cm³/mol. The third-order valence-electron chi connectivity index (χ3n) is 4.53. The minimum absolute atomic E-state index is 0.186. The number of anilines is 2. The molecule has 1 aliphatic carbocycles. The molecule has 1 aliphatic rings. The van der Waals surface area contributed by atoms with E-state index in [1.165, 1.54) is 12.8 Å². The standard InChI is InChI=1S/C16H24N2O2/c1-16(2)8-6-11(7-9-16)18(3)12-4-5-14(17)13(10-12)15(19)20/h4-5,10-11H,6-9,17H2,1-3H3,(H,19,20). The van der Waals surface area contributed by atoms with Crippen molar-refractivity contribution in [1.82, 2.24) is 0 Å². The van der Waals surface area contributed by atoms with E-state index in [9.17, 15) is 4.79 Å². The van der Waals surface area contributed by atoms with Crippen LogP contribution in [-0.4, -0.2) is 24.2 Å². The van der Waals surface area contributed by atoms with Crippen molar-refractivity contribution in [3.8, 4) is 0 Å². The van der Waals surface area contributed by atoms with E-state index in [-0.39, 0.29) is 5.56 Å². The molecule has 0 bridgehead atoms. The lowest BCUT2D eigenvalue weighted by Crippen LogP contribution is -2.37. The Morgan fingerprint density at radius 3 is 2.50 bits per heavy atom. The zero-order valence-corrected chi connectivity index (χ0v) is 12.5. The molecule has 0 saturated heterocycles. The lowest BCUT2D eigenvalue weighted by atomic mass is 9.75. The van der Waals surface area contributed by atoms with Gasteiger partial charge < -0.3 is 15.7 Å². The van der Waals surface area contributed by atoms with Crippen molar-refractivity contribution in [2.45, 2.75) is 45.6 Å². The maximum Gasteiger partial charge on any atom is 0.337 e. The molecule has 0 radical (unpaired) electrons. The molecule has 1 saturated carbocycles. The SMILES string of the molecule is CN(c1ccc(N)c(C(=O)O)c1)C1CCC(C)(C)CC1. The van der Waals surface area contributed by atoms with Gasteiger partial charge in [0.25, 0.3) is 0 Å². The van der Waals surface area contributed by atoms with Crippen LogP contribution in [0.15, 0.2) is 18.2 Å². The molecule has 0 heterocycles. The minimum Gasteiger partial charge on any atom is -0.478 e. The number of hydrogen-bond acceptors (Lipinski definition) is 3. The second kappa shape index (κ2) is 5.35. The Bertz CT molecular complexity index is 501. The van der Waals surface area contributed by atoms with Crippen LogP contribution in [0.3, 0.4) is 0 Å². The first-order valence-electron chi connectivity index (χ1n) is 7.16. The molecule has 0 aromatic heterocycles. The van der Waals surface area contributed by atoms with E-state index in [0.29, 0.717) is 17.1 Å². The summed E-state index contributed by atoms with van der Waals surface area (Å²) in [5, 5.41) is 9.15. The number of benzene rings is 1. The Labute approximate surface area is 120 Å². The normalized spacial score (nSPS) is 18.8. The van der Waals surface area contributed by atoms with Gasteiger partial charge >= 0.3 is 5.97 Å². The zero-order chi connectivity index (χ0) is 14.9. The van der Waals surface area contributed by atoms with Gasteiger partial charge in [-0.2, -0.15) is 0 Å². The highest BCUT2D eigenvalue weighted by Gasteiger charge is 2.29. The number of nitrogens with two attached hydrogens (primary N) is 1. The molecule has 1 fully saturated rings. The van der Waals surface area contributed by atoms with E-state index < -0.39 is 5.97 Å². The summed E-state index contributed by atoms with van der Waals surface area (Å²) in [6.07, 6.45) is 4.72. The van der Waals surface area contributed by atoms with Gasteiger partial charge in [-0.15, -0.1) is 0 Å². The number of aromatic carboxylic acids is 1. The van der Waals surface area contributed by atoms with Crippen molar-refractivity contribution in [2.24, 2.45) is 5.41 Å². The third kappa shape index (κ3) is 3.06. The van der Waals surface area contributed by atoms with Gasteiger partial charge in [0.05, 0.1) is 5.56 Å². The Kier molecular flexibility index (Phi) is 3.93. The average Bonchev–Trinajstić information content (AvgIpc) is 2.38. The maximum absolute atomic E-state index is 11.2. The first-order valence-corrected chi connectivity index (χ1v) is 7.16. The van der Waals surface area contributed by atoms with Crippen LogP contribution in [0.5, 0.6) is 0 Å². The number of carbonyl (C=O) groups is 1. The average molecular weight is 276 g/mol. The smallest absolute Gasteiger partial charge is 0.337 e. The van der Waals surface area contributed by atoms with Crippen molar-refractivity contribution < 1.29 is 9.90 Å². The predicted octanol–water partition coefficient (Wildman–Crippen LogP) is 3.37. The summed E-state index contributed by atoms with van der Waals surface area (Å²) < 4.78 is 0. The molecule has 4 nitrogen and oxygen atoms in total. The second-order valence-electron chi connectivity index (χ2n) is 6.58. The fourth-order valence-electron chi connectivity index (χ4n) is 2.93. The third-order valence-corrected chi connectivity index (χ3v) is 4.53. The van der Waals surface area contributed by atoms with E-state index in [2.05, 4.69) is 18.7 Å². The van der Waals surface area contributed by atoms with Gasteiger partial charge in [-0.3, -0.25) is 0 Å². The van der Waals surface area contributed by atoms with E-state index in [1.807, 2.05) is 13.1 Å². The summed E-state index contributed by atoms with van der Waals surface area (Å²) in [6.45, 7) is 4.63. The van der Waals surface area contributed by atoms with Gasteiger partial charge in [0.2, 0.25) is 0 Å². The van der Waals surface area contributed by atoms with Crippen LogP contribution in [0.25, 0.3) is 0 Å². The summed E-state index contributed by atoms with van der Waals surface area (Å²) in [7, 11) is 2.04. The molecule has 0 spiro atoms. The Hall–Kier alpha value is -1.71. The molecule has 0 amide bonds. The topological polar surface area (TPSA) is 66.6 Å². The van der Waals surface area contributed by atoms with E-state index in [1.54, 1.807) is 12.1 Å². The number of rotatable bonds is 3. The summed E-state index contributed by atoms with van der Waals surface area (Å²) in [4.78, 5) is 13.4. The van der Waals surface area contributed by atoms with E-state index in [4.69, 9.17) is 10.8 Å². The highest BCUT2D eigenvalue weighted by molar-refractivity contribution is 5.94. The highest BCUT2D eigenvalue weighted by atomic mass is 16.4. The Morgan fingerprint density at radius 2 is 1.95 bits per heavy atom. The highest BCUT2D eigenvalue weighted by Crippen LogP contribution is 2.38. The number of carboxylic acids is 1. The zero-order valence-electron chi connectivity index (χ0n) is 12.5. The summed E-state index contributed by atoms with van der Waals surface area (Å²) in [5.41, 5.74) is 7.58. The van der Waals surface area contributed by atoms with Gasteiger partial charge in [0.1, 0.15) is 0 Å². The fraction of sp³-hybridized carbons (Fsp3) is 0.562. The fourth-order valence-corrected chi connectivity index (χ4v) is 2.93. The summed E-state index contributed by atoms with van der Waals surface area (Å²) >= 11 is 0. The summed E-state index contributed by atoms with van der Waals surface area (Å²) in [5.74, 6) is -0.970. The van der Waals surface area contributed by atoms with E-state index >= 15 is 0 Å². The van der Waals surface area contributed by atoms with Crippen molar-refractivity contribution in [3.05, 3.63) is 23.8 Å². The van der Waals surface area contributed by atoms with Gasteiger partial charge in [-0.1, -0.05) is 13.8 Å². The van der Waals surface area contributed by atoms with Gasteiger partial charge in [0, 0.05) is 24.5 Å². The van der Waals surface area contributed by atoms with Gasteiger partial charge in [-0.05, 0) is 49.3 Å². The van der Waals surface area contributed by atoms with Crippen LogP contribution < -0.4 is 10.6 Å². The second-order valence-corrected chi connectivity index (χ2v) is 6.58. The lowest BCUT2D eigenvalue weighted by Gasteiger charge is -2.39. The molecule has 2 rings (SSSR count). The number of nitrogen functional groups attached to an aromatic ring is 1. The van der Waals surface area contributed by atoms with Gasteiger partial charge in [0.15, 0.2) is 0 Å². The quantitative estimate of drug-likeness (QED) is 0.831. The van der Waals surface area contributed by atoms with Crippen molar-refractivity contribution in [1.29, 1.82) is 0 Å². The molecule has 3 N–H and O–H groups in total. The van der Waals surface area contributed by atoms with Crippen molar-refractivity contribution in [3.63, 3.8) is 0 Å². The monoisotopic (exact) mass is 276 g/mol. The van der Waals surface area contributed by atoms with Crippen LogP contribution in [0, 0.1) is 5.41 Å². The summed E-state index contributed by atoms with van der Waals surface area (Å²) in [6, 6.07) is 5.74. The van der Waals surface area contributed by atoms with Crippen molar-refractivity contribution >= 4 is 17.3 Å².